The van der Waals surface area contributed by atoms with Gasteiger partial charge in [0.25, 0.3) is 0 Å². The second-order valence-electron chi connectivity index (χ2n) is 15.2. The van der Waals surface area contributed by atoms with Crippen molar-refractivity contribution >= 4 is 11.6 Å². The van der Waals surface area contributed by atoms with Gasteiger partial charge in [0.1, 0.15) is 0 Å². The van der Waals surface area contributed by atoms with Crippen molar-refractivity contribution in [3.63, 3.8) is 0 Å². The molecule has 320 valence electrons. The number of unbranched alkanes of at least 4 members (excludes halogenated alkanes) is 3. The Morgan fingerprint density at radius 1 is 0.492 bits per heavy atom. The van der Waals surface area contributed by atoms with Crippen LogP contribution in [0.3, 0.4) is 0 Å². The Morgan fingerprint density at radius 3 is 1.27 bits per heavy atom. The molecule has 0 saturated carbocycles. The van der Waals surface area contributed by atoms with Gasteiger partial charge in [0.15, 0.2) is 0 Å². The molecule has 0 bridgehead atoms. The van der Waals surface area contributed by atoms with Crippen LogP contribution in [0.2, 0.25) is 0 Å². The summed E-state index contributed by atoms with van der Waals surface area (Å²) in [5.74, 6) is 13.6. The minimum absolute atomic E-state index is 0.289. The number of nitrogens with zero attached hydrogens (tertiary/aromatic N) is 1. The van der Waals surface area contributed by atoms with Gasteiger partial charge in [-0.25, -0.2) is 0 Å². The summed E-state index contributed by atoms with van der Waals surface area (Å²) in [6.45, 7) is 11.0. The smallest absolute Gasteiger partial charge is 0.236 e. The molecule has 59 heavy (non-hydrogen) atoms. The van der Waals surface area contributed by atoms with Crippen LogP contribution in [0.4, 0.5) is 0 Å². The van der Waals surface area contributed by atoms with Gasteiger partial charge < -0.3 is 28.7 Å². The van der Waals surface area contributed by atoms with Gasteiger partial charge in [0, 0.05) is 61.5 Å². The Balaban J connectivity index is 0.000000334. The molecule has 0 saturated heterocycles. The summed E-state index contributed by atoms with van der Waals surface area (Å²) in [5.41, 5.74) is 30.2. The summed E-state index contributed by atoms with van der Waals surface area (Å²) in [4.78, 5) is 26.4. The Bertz CT molecular complexity index is 1600. The molecule has 8 heteroatoms. The van der Waals surface area contributed by atoms with Crippen LogP contribution in [0, 0.1) is 47.4 Å². The first-order valence-electron chi connectivity index (χ1n) is 22.1. The van der Waals surface area contributed by atoms with Crippen LogP contribution in [0.25, 0.3) is 0 Å². The molecule has 0 fully saturated rings. The van der Waals surface area contributed by atoms with Gasteiger partial charge in [0.05, 0.1) is 0 Å². The Morgan fingerprint density at radius 2 is 0.881 bits per heavy atom. The summed E-state index contributed by atoms with van der Waals surface area (Å²) in [5, 5.41) is 0. The number of hydrogen-bond donors (Lipinski definition) is 5. The Labute approximate surface area is 357 Å². The summed E-state index contributed by atoms with van der Waals surface area (Å²) in [6.07, 6.45) is 19.7. The van der Waals surface area contributed by atoms with E-state index < -0.39 is 0 Å². The average Bonchev–Trinajstić information content (AvgIpc) is 3.27. The molecule has 3 aromatic rings. The fourth-order valence-corrected chi connectivity index (χ4v) is 7.56. The zero-order chi connectivity index (χ0) is 42.9. The number of ketones is 2. The summed E-state index contributed by atoms with van der Waals surface area (Å²) in [7, 11) is 0. The average molecular weight is 803 g/mol. The predicted octanol–water partition coefficient (Wildman–Crippen LogP) is 7.59. The minimum Gasteiger partial charge on any atom is -0.330 e. The molecule has 0 radical (unpaired) electrons. The van der Waals surface area contributed by atoms with E-state index in [1.165, 1.54) is 64.2 Å². The van der Waals surface area contributed by atoms with Crippen LogP contribution in [-0.2, 0) is 0 Å². The first-order chi connectivity index (χ1) is 28.8. The monoisotopic (exact) mass is 803 g/mol. The molecular formula is C51H74N6O2. The second-order valence-corrected chi connectivity index (χ2v) is 15.2. The van der Waals surface area contributed by atoms with Crippen LogP contribution >= 0.6 is 0 Å². The van der Waals surface area contributed by atoms with E-state index in [2.05, 4.69) is 54.6 Å². The van der Waals surface area contributed by atoms with E-state index in [1.54, 1.807) is 24.3 Å². The molecule has 4 unspecified atom stereocenters. The number of hydrogen-bond acceptors (Lipinski definition) is 8. The summed E-state index contributed by atoms with van der Waals surface area (Å²) >= 11 is 0. The van der Waals surface area contributed by atoms with Gasteiger partial charge in [-0.2, -0.15) is 0 Å². The highest BCUT2D eigenvalue weighted by Gasteiger charge is 2.34. The molecule has 0 heterocycles. The van der Waals surface area contributed by atoms with E-state index in [0.717, 1.165) is 73.9 Å². The van der Waals surface area contributed by atoms with Gasteiger partial charge in [-0.3, -0.25) is 14.5 Å². The number of Topliss-reactive ketones (excluding diaryl/α,β-unsaturated/α-hetero) is 2. The molecule has 4 rings (SSSR count). The number of rotatable bonds is 21. The molecule has 8 nitrogen and oxygen atoms in total. The van der Waals surface area contributed by atoms with Gasteiger partial charge in [-0.15, -0.1) is 0 Å². The van der Waals surface area contributed by atoms with Crippen LogP contribution in [0.1, 0.15) is 116 Å². The lowest BCUT2D eigenvalue weighted by Gasteiger charge is -2.41. The maximum absolute atomic E-state index is 12.1. The van der Waals surface area contributed by atoms with E-state index in [-0.39, 0.29) is 11.6 Å². The maximum Gasteiger partial charge on any atom is 0.236 e. The van der Waals surface area contributed by atoms with E-state index in [4.69, 9.17) is 28.7 Å². The fraction of sp³-hybridized carbons (Fsp3) is 0.490. The number of carbonyl (C=O) groups excluding carboxylic acids is 2. The number of allylic oxidation sites excluding steroid dienone is 2. The van der Waals surface area contributed by atoms with Crippen LogP contribution in [0.5, 0.6) is 0 Å². The van der Waals surface area contributed by atoms with Gasteiger partial charge in [0.2, 0.25) is 11.6 Å². The third kappa shape index (κ3) is 20.9. The molecule has 3 aromatic carbocycles. The molecule has 1 aliphatic carbocycles. The first kappa shape index (κ1) is 50.8. The Kier molecular flexibility index (Phi) is 27.9. The van der Waals surface area contributed by atoms with Crippen molar-refractivity contribution in [2.24, 2.45) is 52.3 Å². The molecular weight excluding hydrogens is 729 g/mol. The number of benzene rings is 3. The van der Waals surface area contributed by atoms with Crippen molar-refractivity contribution in [2.45, 2.75) is 84.5 Å². The molecule has 10 N–H and O–H groups in total. The van der Waals surface area contributed by atoms with Crippen molar-refractivity contribution in [1.82, 2.24) is 4.90 Å². The van der Waals surface area contributed by atoms with Crippen molar-refractivity contribution in [3.8, 4) is 23.7 Å². The third-order valence-electron chi connectivity index (χ3n) is 10.7. The molecule has 0 spiro atoms. The van der Waals surface area contributed by atoms with Crippen LogP contribution in [-0.4, -0.2) is 68.8 Å². The van der Waals surface area contributed by atoms with Crippen molar-refractivity contribution < 1.29 is 9.59 Å². The largest absolute Gasteiger partial charge is 0.330 e. The Hall–Kier alpha value is -4.38. The lowest BCUT2D eigenvalue weighted by Crippen LogP contribution is -2.37. The SMILES string of the molecule is CCCCCC1C(CCCC)C=CC(CCCN)C1CCCN.NCCN(CCN)CCN.O=C(C#Cc1ccccc1)c1ccc(C(=O)C#Cc2ccccc2)cc1. The van der Waals surface area contributed by atoms with Crippen molar-refractivity contribution in [3.05, 3.63) is 119 Å². The van der Waals surface area contributed by atoms with Gasteiger partial charge >= 0.3 is 0 Å². The van der Waals surface area contributed by atoms with Crippen LogP contribution in [0.15, 0.2) is 97.1 Å². The van der Waals surface area contributed by atoms with Crippen LogP contribution < -0.4 is 28.7 Å². The predicted molar refractivity (Wildman–Crippen MR) is 249 cm³/mol. The van der Waals surface area contributed by atoms with E-state index in [1.807, 2.05) is 60.7 Å². The normalized spacial score (nSPS) is 16.6. The topological polar surface area (TPSA) is 167 Å². The zero-order valence-corrected chi connectivity index (χ0v) is 36.1. The molecule has 0 aromatic heterocycles. The summed E-state index contributed by atoms with van der Waals surface area (Å²) < 4.78 is 0. The highest BCUT2D eigenvalue weighted by Crippen LogP contribution is 2.43. The minimum atomic E-state index is -0.289. The van der Waals surface area contributed by atoms with E-state index >= 15 is 0 Å². The van der Waals surface area contributed by atoms with Gasteiger partial charge in [-0.05, 0) is 136 Å². The maximum atomic E-state index is 12.1. The molecule has 0 amide bonds. The third-order valence-corrected chi connectivity index (χ3v) is 10.7. The summed E-state index contributed by atoms with van der Waals surface area (Å²) in [6, 6.07) is 25.0. The molecule has 0 aliphatic heterocycles. The lowest BCUT2D eigenvalue weighted by molar-refractivity contribution is 0.104. The highest BCUT2D eigenvalue weighted by atomic mass is 16.1. The fourth-order valence-electron chi connectivity index (χ4n) is 7.56. The lowest BCUT2D eigenvalue weighted by atomic mass is 9.65. The molecule has 4 atom stereocenters. The van der Waals surface area contributed by atoms with E-state index in [0.29, 0.717) is 30.8 Å². The molecule has 1 aliphatic rings. The second kappa shape index (κ2) is 32.5. The van der Waals surface area contributed by atoms with Gasteiger partial charge in [-0.1, -0.05) is 106 Å². The van der Waals surface area contributed by atoms with Crippen molar-refractivity contribution in [2.75, 3.05) is 52.4 Å². The van der Waals surface area contributed by atoms with E-state index in [9.17, 15) is 9.59 Å². The highest BCUT2D eigenvalue weighted by molar-refractivity contribution is 6.12. The quantitative estimate of drug-likeness (QED) is 0.0318. The van der Waals surface area contributed by atoms with Crippen molar-refractivity contribution in [1.29, 1.82) is 0 Å². The number of nitrogens with two attached hydrogens (primary N) is 5. The standard InChI is InChI=1S/C24H14O2.C21H42N2.C6H18N4/c25-23(17-11-19-7-3-1-4-8-19)21-13-15-22(16-14-21)24(26)18-12-20-9-5-2-6-10-20;1-3-5-7-12-20-18(10-6-4-2)14-15-19(11-8-16-22)21(20)13-9-17-23;7-1-4-10(5-2-8)6-3-9/h1-10,13-16H;14-15,18-21H,3-13,16-17,22-23H2,1-2H3;1-9H2. The zero-order valence-electron chi connectivity index (χ0n) is 36.1. The first-order valence-corrected chi connectivity index (χ1v) is 22.1. The number of carbonyl (C=O) groups is 2.